The molecule has 0 aliphatic carbocycles. The van der Waals surface area contributed by atoms with E-state index < -0.39 is 5.60 Å². The molecule has 0 aliphatic heterocycles. The lowest BCUT2D eigenvalue weighted by atomic mass is 10.1. The van der Waals surface area contributed by atoms with Gasteiger partial charge in [-0.1, -0.05) is 12.0 Å². The summed E-state index contributed by atoms with van der Waals surface area (Å²) in [5, 5.41) is 17.6. The number of aryl methyl sites for hydroxylation is 1. The summed E-state index contributed by atoms with van der Waals surface area (Å²) >= 11 is 0. The third kappa shape index (κ3) is 5.14. The standard InChI is InChI=1S/C23H26N8O3/c1-4-31-17-11-18(33-13-15(24)10-14-6-5-9-26-12-14)27-16(7-8-23(2,3)32)19(17)28-22(31)20-21(25)30-34-29-20/h5-6,9,11-12,15,32H,4,10,13,24H2,1-3H3,(H2,25,30)/t15-/m0/s1. The Labute approximate surface area is 196 Å². The van der Waals surface area contributed by atoms with Gasteiger partial charge in [0.25, 0.3) is 0 Å². The molecule has 0 amide bonds. The quantitative estimate of drug-likeness (QED) is 0.343. The second-order valence-electron chi connectivity index (χ2n) is 8.30. The zero-order chi connectivity index (χ0) is 24.3. The molecule has 5 N–H and O–H groups in total. The number of aliphatic hydroxyl groups is 1. The topological polar surface area (TPSA) is 164 Å². The largest absolute Gasteiger partial charge is 0.476 e. The molecule has 4 rings (SSSR count). The summed E-state index contributed by atoms with van der Waals surface area (Å²) < 4.78 is 12.6. The van der Waals surface area contributed by atoms with Crippen LogP contribution in [0.5, 0.6) is 5.88 Å². The summed E-state index contributed by atoms with van der Waals surface area (Å²) in [6.45, 7) is 5.93. The van der Waals surface area contributed by atoms with Gasteiger partial charge in [-0.3, -0.25) is 4.98 Å². The third-order valence-corrected chi connectivity index (χ3v) is 4.91. The molecule has 4 aromatic rings. The highest BCUT2D eigenvalue weighted by Crippen LogP contribution is 2.29. The van der Waals surface area contributed by atoms with Crippen LogP contribution in [0, 0.1) is 11.8 Å². The SMILES string of the molecule is CCn1c(-c2nonc2N)nc2c(C#CC(C)(C)O)nc(OC[C@@H](N)Cc3cccnc3)cc21. The lowest BCUT2D eigenvalue weighted by molar-refractivity contribution is 0.143. The summed E-state index contributed by atoms with van der Waals surface area (Å²) in [6, 6.07) is 5.34. The zero-order valence-electron chi connectivity index (χ0n) is 19.2. The highest BCUT2D eigenvalue weighted by molar-refractivity contribution is 5.86. The van der Waals surface area contributed by atoms with E-state index in [-0.39, 0.29) is 18.5 Å². The van der Waals surface area contributed by atoms with E-state index in [4.69, 9.17) is 20.8 Å². The van der Waals surface area contributed by atoms with Crippen molar-refractivity contribution in [3.8, 4) is 29.2 Å². The van der Waals surface area contributed by atoms with Crippen molar-refractivity contribution in [1.29, 1.82) is 0 Å². The molecule has 0 radical (unpaired) electrons. The van der Waals surface area contributed by atoms with E-state index in [1.807, 2.05) is 23.6 Å². The Morgan fingerprint density at radius 1 is 1.29 bits per heavy atom. The summed E-state index contributed by atoms with van der Waals surface area (Å²) in [7, 11) is 0. The van der Waals surface area contributed by atoms with Gasteiger partial charge in [0, 0.05) is 31.0 Å². The number of nitrogen functional groups attached to an aromatic ring is 1. The van der Waals surface area contributed by atoms with Gasteiger partial charge in [-0.15, -0.1) is 0 Å². The normalized spacial score (nSPS) is 12.4. The van der Waals surface area contributed by atoms with E-state index in [1.54, 1.807) is 32.3 Å². The molecule has 0 spiro atoms. The molecule has 0 unspecified atom stereocenters. The predicted octanol–water partition coefficient (Wildman–Crippen LogP) is 1.55. The average molecular weight is 463 g/mol. The number of nitrogens with zero attached hydrogens (tertiary/aromatic N) is 6. The van der Waals surface area contributed by atoms with Gasteiger partial charge in [0.05, 0.1) is 5.52 Å². The average Bonchev–Trinajstić information content (AvgIpc) is 3.38. The molecule has 4 heterocycles. The van der Waals surface area contributed by atoms with Crippen LogP contribution < -0.4 is 16.2 Å². The van der Waals surface area contributed by atoms with Crippen LogP contribution in [0.4, 0.5) is 5.82 Å². The fourth-order valence-corrected chi connectivity index (χ4v) is 3.40. The molecule has 0 saturated heterocycles. The Morgan fingerprint density at radius 2 is 2.12 bits per heavy atom. The third-order valence-electron chi connectivity index (χ3n) is 4.91. The number of hydrogen-bond acceptors (Lipinski definition) is 10. The van der Waals surface area contributed by atoms with E-state index in [2.05, 4.69) is 37.1 Å². The minimum absolute atomic E-state index is 0.125. The number of ether oxygens (including phenoxy) is 1. The number of imidazole rings is 1. The van der Waals surface area contributed by atoms with E-state index in [0.717, 1.165) is 5.56 Å². The first-order valence-corrected chi connectivity index (χ1v) is 10.8. The number of aromatic nitrogens is 6. The van der Waals surface area contributed by atoms with Gasteiger partial charge < -0.3 is 25.9 Å². The molecule has 0 bridgehead atoms. The summed E-state index contributed by atoms with van der Waals surface area (Å²) in [4.78, 5) is 13.3. The Morgan fingerprint density at radius 3 is 2.76 bits per heavy atom. The van der Waals surface area contributed by atoms with Crippen LogP contribution >= 0.6 is 0 Å². The van der Waals surface area contributed by atoms with Crippen LogP contribution in [0.15, 0.2) is 35.2 Å². The van der Waals surface area contributed by atoms with Gasteiger partial charge in [-0.05, 0) is 55.1 Å². The van der Waals surface area contributed by atoms with Crippen molar-refractivity contribution >= 4 is 16.9 Å². The molecule has 4 aromatic heterocycles. The van der Waals surface area contributed by atoms with E-state index in [0.29, 0.717) is 47.1 Å². The van der Waals surface area contributed by atoms with Crippen LogP contribution in [0.1, 0.15) is 32.0 Å². The van der Waals surface area contributed by atoms with Crippen LogP contribution in [0.3, 0.4) is 0 Å². The van der Waals surface area contributed by atoms with E-state index >= 15 is 0 Å². The second kappa shape index (κ2) is 9.46. The fourth-order valence-electron chi connectivity index (χ4n) is 3.40. The smallest absolute Gasteiger partial charge is 0.216 e. The van der Waals surface area contributed by atoms with Crippen molar-refractivity contribution in [1.82, 2.24) is 29.8 Å². The lowest BCUT2D eigenvalue weighted by Gasteiger charge is -2.13. The van der Waals surface area contributed by atoms with Crippen LogP contribution in [0.2, 0.25) is 0 Å². The first kappa shape index (κ1) is 23.2. The Hall–Kier alpha value is -4.01. The van der Waals surface area contributed by atoms with Crippen molar-refractivity contribution < 1.29 is 14.5 Å². The highest BCUT2D eigenvalue weighted by Gasteiger charge is 2.22. The maximum Gasteiger partial charge on any atom is 0.216 e. The fraction of sp³-hybridized carbons (Fsp3) is 0.348. The van der Waals surface area contributed by atoms with E-state index in [1.165, 1.54) is 0 Å². The van der Waals surface area contributed by atoms with Gasteiger partial charge in [0.15, 0.2) is 17.3 Å². The van der Waals surface area contributed by atoms with Gasteiger partial charge >= 0.3 is 0 Å². The number of hydrogen-bond donors (Lipinski definition) is 3. The van der Waals surface area contributed by atoms with Crippen molar-refractivity contribution in [2.75, 3.05) is 12.3 Å². The van der Waals surface area contributed by atoms with Crippen molar-refractivity contribution in [3.05, 3.63) is 41.9 Å². The molecular formula is C23H26N8O3. The summed E-state index contributed by atoms with van der Waals surface area (Å²) in [5.41, 5.74) is 13.9. The molecule has 1 atom stereocenters. The predicted molar refractivity (Wildman–Crippen MR) is 125 cm³/mol. The van der Waals surface area contributed by atoms with E-state index in [9.17, 15) is 5.11 Å². The molecule has 0 saturated carbocycles. The monoisotopic (exact) mass is 462 g/mol. The van der Waals surface area contributed by atoms with Crippen LogP contribution in [-0.4, -0.2) is 53.2 Å². The molecule has 0 fully saturated rings. The Kier molecular flexibility index (Phi) is 6.45. The van der Waals surface area contributed by atoms with Gasteiger partial charge in [0.2, 0.25) is 5.88 Å². The number of nitrogens with two attached hydrogens (primary N) is 2. The maximum atomic E-state index is 10.1. The minimum atomic E-state index is -1.21. The summed E-state index contributed by atoms with van der Waals surface area (Å²) in [5.74, 6) is 6.63. The molecule has 34 heavy (non-hydrogen) atoms. The molecular weight excluding hydrogens is 436 g/mol. The molecule has 0 aromatic carbocycles. The number of fused-ring (bicyclic) bond motifs is 1. The number of pyridine rings is 2. The Balaban J connectivity index is 1.72. The van der Waals surface area contributed by atoms with Gasteiger partial charge in [0.1, 0.15) is 23.4 Å². The van der Waals surface area contributed by atoms with Crippen molar-refractivity contribution in [2.24, 2.45) is 5.73 Å². The summed E-state index contributed by atoms with van der Waals surface area (Å²) in [6.07, 6.45) is 4.10. The van der Waals surface area contributed by atoms with Crippen molar-refractivity contribution in [2.45, 2.75) is 45.4 Å². The first-order chi connectivity index (χ1) is 16.2. The highest BCUT2D eigenvalue weighted by atomic mass is 16.6. The zero-order valence-corrected chi connectivity index (χ0v) is 19.2. The molecule has 11 heteroatoms. The number of rotatable bonds is 7. The molecule has 176 valence electrons. The molecule has 11 nitrogen and oxygen atoms in total. The number of anilines is 1. The Bertz CT molecular complexity index is 1350. The van der Waals surface area contributed by atoms with Crippen molar-refractivity contribution in [3.63, 3.8) is 0 Å². The second-order valence-corrected chi connectivity index (χ2v) is 8.30. The maximum absolute atomic E-state index is 10.1. The minimum Gasteiger partial charge on any atom is -0.476 e. The van der Waals surface area contributed by atoms with Gasteiger partial charge in [-0.25, -0.2) is 14.6 Å². The lowest BCUT2D eigenvalue weighted by Crippen LogP contribution is -2.30. The van der Waals surface area contributed by atoms with Crippen LogP contribution in [0.25, 0.3) is 22.6 Å². The molecule has 0 aliphatic rings. The van der Waals surface area contributed by atoms with Crippen LogP contribution in [-0.2, 0) is 13.0 Å². The van der Waals surface area contributed by atoms with Gasteiger partial charge in [-0.2, -0.15) is 0 Å². The first-order valence-electron chi connectivity index (χ1n) is 10.8.